The fourth-order valence-electron chi connectivity index (χ4n) is 0.634. The highest BCUT2D eigenvalue weighted by Crippen LogP contribution is 2.09. The summed E-state index contributed by atoms with van der Waals surface area (Å²) in [7, 11) is 0. The first-order valence-electron chi connectivity index (χ1n) is 3.51. The summed E-state index contributed by atoms with van der Waals surface area (Å²) < 4.78 is 0. The summed E-state index contributed by atoms with van der Waals surface area (Å²) in [4.78, 5) is 6.12. The first-order chi connectivity index (χ1) is 5.43. The van der Waals surface area contributed by atoms with Gasteiger partial charge in [0.05, 0.1) is 6.61 Å². The summed E-state index contributed by atoms with van der Waals surface area (Å²) >= 11 is 1.70. The Morgan fingerprint density at radius 2 is 2.64 bits per heavy atom. The Morgan fingerprint density at radius 1 is 1.73 bits per heavy atom. The van der Waals surface area contributed by atoms with Crippen LogP contribution >= 0.6 is 11.3 Å². The predicted molar refractivity (Wildman–Crippen MR) is 48.1 cm³/mol. The van der Waals surface area contributed by atoms with Crippen LogP contribution in [-0.2, 0) is 4.84 Å². The van der Waals surface area contributed by atoms with Gasteiger partial charge < -0.3 is 0 Å². The number of rotatable bonds is 4. The second-order valence-corrected chi connectivity index (χ2v) is 2.88. The molecule has 1 N–H and O–H groups in total. The molecule has 60 valence electrons. The zero-order chi connectivity index (χ0) is 7.94. The van der Waals surface area contributed by atoms with Crippen molar-refractivity contribution in [3.8, 4) is 0 Å². The lowest BCUT2D eigenvalue weighted by Crippen LogP contribution is -2.04. The lowest BCUT2D eigenvalue weighted by atomic mass is 10.5. The molecule has 0 radical (unpaired) electrons. The van der Waals surface area contributed by atoms with Crippen molar-refractivity contribution in [3.05, 3.63) is 28.6 Å². The van der Waals surface area contributed by atoms with E-state index in [1.807, 2.05) is 24.4 Å². The van der Waals surface area contributed by atoms with Crippen molar-refractivity contribution in [1.29, 1.82) is 0 Å². The van der Waals surface area contributed by atoms with E-state index in [2.05, 4.69) is 11.5 Å². The average Bonchev–Trinajstić information content (AvgIpc) is 2.50. The maximum atomic E-state index is 4.90. The highest BCUT2D eigenvalue weighted by atomic mass is 32.1. The largest absolute Gasteiger partial charge is 0.277 e. The molecule has 0 aliphatic heterocycles. The second-order valence-electron chi connectivity index (χ2n) is 1.90. The van der Waals surface area contributed by atoms with Crippen LogP contribution < -0.4 is 5.48 Å². The van der Waals surface area contributed by atoms with E-state index in [1.165, 1.54) is 4.88 Å². The quantitative estimate of drug-likeness (QED) is 0.551. The van der Waals surface area contributed by atoms with E-state index in [-0.39, 0.29) is 0 Å². The van der Waals surface area contributed by atoms with E-state index in [1.54, 1.807) is 17.5 Å². The molecule has 0 saturated carbocycles. The molecule has 0 aliphatic carbocycles. The fraction of sp³-hybridized carbons (Fsp3) is 0.250. The third kappa shape index (κ3) is 3.20. The molecule has 3 heteroatoms. The van der Waals surface area contributed by atoms with Crippen molar-refractivity contribution < 1.29 is 4.84 Å². The number of nitrogens with one attached hydrogen (secondary N) is 1. The Balaban J connectivity index is 2.25. The minimum absolute atomic E-state index is 0.675. The smallest absolute Gasteiger partial charge is 0.0717 e. The van der Waals surface area contributed by atoms with E-state index in [4.69, 9.17) is 4.84 Å². The van der Waals surface area contributed by atoms with Crippen LogP contribution in [0.3, 0.4) is 0 Å². The summed E-state index contributed by atoms with van der Waals surface area (Å²) in [5.74, 6) is 0. The molecule has 1 rings (SSSR count). The van der Waals surface area contributed by atoms with E-state index in [9.17, 15) is 0 Å². The summed E-state index contributed by atoms with van der Waals surface area (Å²) in [6.07, 6.45) is 3.76. The van der Waals surface area contributed by atoms with Crippen LogP contribution in [0.15, 0.2) is 23.7 Å². The van der Waals surface area contributed by atoms with Crippen molar-refractivity contribution in [2.24, 2.45) is 0 Å². The highest BCUT2D eigenvalue weighted by Gasteiger charge is 1.82. The van der Waals surface area contributed by atoms with Crippen LogP contribution in [0.4, 0.5) is 0 Å². The van der Waals surface area contributed by atoms with Gasteiger partial charge in [-0.3, -0.25) is 10.3 Å². The van der Waals surface area contributed by atoms with Crippen molar-refractivity contribution in [3.63, 3.8) is 0 Å². The third-order valence-electron chi connectivity index (χ3n) is 1.09. The molecule has 1 aromatic rings. The fourth-order valence-corrected chi connectivity index (χ4v) is 1.25. The zero-order valence-corrected chi connectivity index (χ0v) is 7.23. The van der Waals surface area contributed by atoms with Crippen LogP contribution in [0, 0.1) is 0 Å². The first-order valence-corrected chi connectivity index (χ1v) is 4.39. The summed E-state index contributed by atoms with van der Waals surface area (Å²) in [6, 6.07) is 4.07. The molecule has 0 saturated heterocycles. The Bertz CT molecular complexity index is 206. The minimum atomic E-state index is 0.675. The molecule has 2 nitrogen and oxygen atoms in total. The lowest BCUT2D eigenvalue weighted by Gasteiger charge is -1.94. The normalized spacial score (nSPS) is 10.6. The molecule has 1 aromatic heterocycles. The van der Waals surface area contributed by atoms with Gasteiger partial charge in [0.1, 0.15) is 0 Å². The Hall–Kier alpha value is -0.800. The zero-order valence-electron chi connectivity index (χ0n) is 6.41. The molecule has 0 atom stereocenters. The monoisotopic (exact) mass is 169 g/mol. The van der Waals surface area contributed by atoms with E-state index >= 15 is 0 Å². The molecule has 0 fully saturated rings. The highest BCUT2D eigenvalue weighted by molar-refractivity contribution is 7.10. The SMILES string of the molecule is CCONC=Cc1cccs1. The van der Waals surface area contributed by atoms with Gasteiger partial charge in [-0.1, -0.05) is 6.07 Å². The maximum absolute atomic E-state index is 4.90. The van der Waals surface area contributed by atoms with Crippen LogP contribution in [0.1, 0.15) is 11.8 Å². The van der Waals surface area contributed by atoms with Gasteiger partial charge in [-0.05, 0) is 24.4 Å². The Kier molecular flexibility index (Phi) is 3.72. The maximum Gasteiger partial charge on any atom is 0.0717 e. The Morgan fingerprint density at radius 3 is 3.27 bits per heavy atom. The predicted octanol–water partition coefficient (Wildman–Crippen LogP) is 2.26. The van der Waals surface area contributed by atoms with Gasteiger partial charge in [0.2, 0.25) is 0 Å². The van der Waals surface area contributed by atoms with Gasteiger partial charge in [-0.15, -0.1) is 11.3 Å². The molecule has 1 heterocycles. The van der Waals surface area contributed by atoms with E-state index in [0.717, 1.165) is 0 Å². The van der Waals surface area contributed by atoms with Crippen LogP contribution in [-0.4, -0.2) is 6.61 Å². The number of thiophene rings is 1. The van der Waals surface area contributed by atoms with Crippen LogP contribution in [0.2, 0.25) is 0 Å². The van der Waals surface area contributed by atoms with Crippen molar-refractivity contribution in [1.82, 2.24) is 5.48 Å². The topological polar surface area (TPSA) is 21.3 Å². The van der Waals surface area contributed by atoms with Crippen LogP contribution in [0.5, 0.6) is 0 Å². The molecule has 0 aliphatic rings. The molecule has 0 unspecified atom stereocenters. The van der Waals surface area contributed by atoms with Gasteiger partial charge in [0.15, 0.2) is 0 Å². The molecule has 11 heavy (non-hydrogen) atoms. The summed E-state index contributed by atoms with van der Waals surface area (Å²) in [5.41, 5.74) is 2.70. The standard InChI is InChI=1S/C8H11NOS/c1-2-10-9-6-5-8-4-3-7-11-8/h3-7,9H,2H2,1H3. The van der Waals surface area contributed by atoms with E-state index < -0.39 is 0 Å². The number of hydroxylamine groups is 1. The molecular formula is C8H11NOS. The molecule has 0 spiro atoms. The average molecular weight is 169 g/mol. The van der Waals surface area contributed by atoms with Crippen molar-refractivity contribution in [2.45, 2.75) is 6.92 Å². The molecular weight excluding hydrogens is 158 g/mol. The van der Waals surface area contributed by atoms with Crippen molar-refractivity contribution >= 4 is 17.4 Å². The second kappa shape index (κ2) is 4.93. The Labute approximate surface area is 70.5 Å². The van der Waals surface area contributed by atoms with E-state index in [0.29, 0.717) is 6.61 Å². The lowest BCUT2D eigenvalue weighted by molar-refractivity contribution is 0.0832. The minimum Gasteiger partial charge on any atom is -0.277 e. The van der Waals surface area contributed by atoms with Crippen molar-refractivity contribution in [2.75, 3.05) is 6.61 Å². The summed E-state index contributed by atoms with van der Waals surface area (Å²) in [6.45, 7) is 2.61. The van der Waals surface area contributed by atoms with Gasteiger partial charge in [0, 0.05) is 11.1 Å². The third-order valence-corrected chi connectivity index (χ3v) is 1.92. The van der Waals surface area contributed by atoms with Gasteiger partial charge in [-0.25, -0.2) is 0 Å². The molecule has 0 bridgehead atoms. The number of hydrogen-bond donors (Lipinski definition) is 1. The van der Waals surface area contributed by atoms with Crippen LogP contribution in [0.25, 0.3) is 6.08 Å². The van der Waals surface area contributed by atoms with Gasteiger partial charge in [-0.2, -0.15) is 0 Å². The first kappa shape index (κ1) is 8.30. The van der Waals surface area contributed by atoms with Gasteiger partial charge in [0.25, 0.3) is 0 Å². The summed E-state index contributed by atoms with van der Waals surface area (Å²) in [5, 5.41) is 2.04. The number of hydrogen-bond acceptors (Lipinski definition) is 3. The molecule has 0 amide bonds. The van der Waals surface area contributed by atoms with Gasteiger partial charge >= 0.3 is 0 Å². The molecule has 0 aromatic carbocycles.